The predicted octanol–water partition coefficient (Wildman–Crippen LogP) is 0.439. The first-order chi connectivity index (χ1) is 11.1. The quantitative estimate of drug-likeness (QED) is 0.726. The van der Waals surface area contributed by atoms with Crippen LogP contribution >= 0.6 is 0 Å². The van der Waals surface area contributed by atoms with Gasteiger partial charge in [0.2, 0.25) is 5.91 Å². The minimum atomic E-state index is -0.298. The molecule has 0 unspecified atom stereocenters. The molecule has 1 amide bonds. The average Bonchev–Trinajstić information content (AvgIpc) is 2.52. The maximum absolute atomic E-state index is 11.1. The Morgan fingerprint density at radius 1 is 1.35 bits per heavy atom. The van der Waals surface area contributed by atoms with E-state index in [-0.39, 0.29) is 18.6 Å². The van der Waals surface area contributed by atoms with E-state index >= 15 is 0 Å². The highest BCUT2D eigenvalue weighted by Crippen LogP contribution is 2.18. The van der Waals surface area contributed by atoms with Crippen LogP contribution < -0.4 is 10.5 Å². The number of nitrogens with zero attached hydrogens (tertiary/aromatic N) is 2. The molecule has 1 aromatic rings. The fourth-order valence-corrected chi connectivity index (χ4v) is 3.04. The minimum Gasteiger partial charge on any atom is -0.494 e. The van der Waals surface area contributed by atoms with Gasteiger partial charge in [-0.3, -0.25) is 14.6 Å². The Morgan fingerprint density at radius 3 is 2.70 bits per heavy atom. The number of nitrogens with two attached hydrogens (primary N) is 1. The van der Waals surface area contributed by atoms with Crippen molar-refractivity contribution in [1.29, 1.82) is 0 Å². The van der Waals surface area contributed by atoms with Crippen LogP contribution in [-0.4, -0.2) is 66.2 Å². The summed E-state index contributed by atoms with van der Waals surface area (Å²) in [7, 11) is 0. The van der Waals surface area contributed by atoms with Crippen molar-refractivity contribution in [3.63, 3.8) is 0 Å². The number of ether oxygens (including phenoxy) is 1. The van der Waals surface area contributed by atoms with Crippen LogP contribution in [0, 0.1) is 0 Å². The van der Waals surface area contributed by atoms with Gasteiger partial charge in [-0.05, 0) is 31.0 Å². The van der Waals surface area contributed by atoms with Gasteiger partial charge in [-0.1, -0.05) is 12.1 Å². The Balaban J connectivity index is 1.95. The zero-order chi connectivity index (χ0) is 16.7. The van der Waals surface area contributed by atoms with E-state index in [0.717, 1.165) is 31.9 Å². The molecule has 23 heavy (non-hydrogen) atoms. The molecule has 6 heteroatoms. The SMILES string of the molecule is CCOc1ccc(CN2CCN(CC(N)=O)C[C@H]2CCO)cc1. The Labute approximate surface area is 137 Å². The molecule has 0 radical (unpaired) electrons. The third kappa shape index (κ3) is 5.49. The highest BCUT2D eigenvalue weighted by atomic mass is 16.5. The van der Waals surface area contributed by atoms with Crippen molar-refractivity contribution in [1.82, 2.24) is 9.80 Å². The van der Waals surface area contributed by atoms with Gasteiger partial charge >= 0.3 is 0 Å². The fraction of sp³-hybridized carbons (Fsp3) is 0.588. The topological polar surface area (TPSA) is 79.0 Å². The number of piperazine rings is 1. The summed E-state index contributed by atoms with van der Waals surface area (Å²) in [6.07, 6.45) is 0.701. The van der Waals surface area contributed by atoms with Crippen LogP contribution in [0.3, 0.4) is 0 Å². The van der Waals surface area contributed by atoms with Crippen molar-refractivity contribution in [2.75, 3.05) is 39.4 Å². The van der Waals surface area contributed by atoms with Gasteiger partial charge in [-0.15, -0.1) is 0 Å². The van der Waals surface area contributed by atoms with E-state index in [4.69, 9.17) is 10.5 Å². The number of benzene rings is 1. The van der Waals surface area contributed by atoms with Gasteiger partial charge in [-0.25, -0.2) is 0 Å². The van der Waals surface area contributed by atoms with Gasteiger partial charge in [0.25, 0.3) is 0 Å². The summed E-state index contributed by atoms with van der Waals surface area (Å²) in [5.41, 5.74) is 6.51. The monoisotopic (exact) mass is 321 g/mol. The lowest BCUT2D eigenvalue weighted by Gasteiger charge is -2.41. The lowest BCUT2D eigenvalue weighted by atomic mass is 10.1. The number of carbonyl (C=O) groups excluding carboxylic acids is 1. The van der Waals surface area contributed by atoms with Crippen LogP contribution in [-0.2, 0) is 11.3 Å². The number of aliphatic hydroxyl groups excluding tert-OH is 1. The number of carbonyl (C=O) groups is 1. The standard InChI is InChI=1S/C17H27N3O3/c1-2-23-16-5-3-14(4-6-16)11-20-9-8-19(13-17(18)22)12-15(20)7-10-21/h3-6,15,21H,2,7-13H2,1H3,(H2,18,22)/t15-/m1/s1. The molecule has 0 spiro atoms. The Kier molecular flexibility index (Phi) is 6.83. The lowest BCUT2D eigenvalue weighted by molar-refractivity contribution is -0.120. The zero-order valence-corrected chi connectivity index (χ0v) is 13.8. The van der Waals surface area contributed by atoms with Crippen molar-refractivity contribution >= 4 is 5.91 Å². The van der Waals surface area contributed by atoms with E-state index in [1.54, 1.807) is 0 Å². The second-order valence-corrected chi connectivity index (χ2v) is 5.91. The predicted molar refractivity (Wildman–Crippen MR) is 89.1 cm³/mol. The molecule has 3 N–H and O–H groups in total. The Hall–Kier alpha value is -1.63. The molecular formula is C17H27N3O3. The summed E-state index contributed by atoms with van der Waals surface area (Å²) in [6.45, 7) is 6.36. The molecule has 1 saturated heterocycles. The van der Waals surface area contributed by atoms with Crippen LogP contribution in [0.15, 0.2) is 24.3 Å². The van der Waals surface area contributed by atoms with E-state index in [1.165, 1.54) is 5.56 Å². The van der Waals surface area contributed by atoms with Crippen LogP contribution in [0.2, 0.25) is 0 Å². The lowest BCUT2D eigenvalue weighted by Crippen LogP contribution is -2.54. The van der Waals surface area contributed by atoms with Crippen molar-refractivity contribution in [3.05, 3.63) is 29.8 Å². The molecule has 0 aromatic heterocycles. The summed E-state index contributed by atoms with van der Waals surface area (Å²) in [5.74, 6) is 0.585. The first-order valence-electron chi connectivity index (χ1n) is 8.19. The zero-order valence-electron chi connectivity index (χ0n) is 13.8. The summed E-state index contributed by atoms with van der Waals surface area (Å²) in [5, 5.41) is 9.31. The minimum absolute atomic E-state index is 0.148. The normalized spacial score (nSPS) is 19.7. The summed E-state index contributed by atoms with van der Waals surface area (Å²) in [4.78, 5) is 15.5. The molecule has 0 bridgehead atoms. The number of hydrogen-bond acceptors (Lipinski definition) is 5. The second kappa shape index (κ2) is 8.86. The molecule has 128 valence electrons. The Morgan fingerprint density at radius 2 is 2.09 bits per heavy atom. The van der Waals surface area contributed by atoms with Crippen molar-refractivity contribution in [3.8, 4) is 5.75 Å². The molecular weight excluding hydrogens is 294 g/mol. The van der Waals surface area contributed by atoms with E-state index in [9.17, 15) is 9.90 Å². The molecule has 0 aliphatic carbocycles. The molecule has 1 aliphatic rings. The maximum Gasteiger partial charge on any atom is 0.231 e. The molecule has 1 heterocycles. The molecule has 1 aliphatic heterocycles. The molecule has 1 atom stereocenters. The number of amides is 1. The number of aliphatic hydroxyl groups is 1. The summed E-state index contributed by atoms with van der Waals surface area (Å²) >= 11 is 0. The van der Waals surface area contributed by atoms with Gasteiger partial charge in [-0.2, -0.15) is 0 Å². The van der Waals surface area contributed by atoms with E-state index in [0.29, 0.717) is 19.6 Å². The number of rotatable bonds is 8. The van der Waals surface area contributed by atoms with Crippen molar-refractivity contribution in [2.24, 2.45) is 5.73 Å². The van der Waals surface area contributed by atoms with Gasteiger partial charge in [0, 0.05) is 38.8 Å². The largest absolute Gasteiger partial charge is 0.494 e. The van der Waals surface area contributed by atoms with E-state index < -0.39 is 0 Å². The highest BCUT2D eigenvalue weighted by Gasteiger charge is 2.27. The first-order valence-corrected chi connectivity index (χ1v) is 8.19. The van der Waals surface area contributed by atoms with Gasteiger partial charge in [0.15, 0.2) is 0 Å². The Bertz CT molecular complexity index is 492. The number of hydrogen-bond donors (Lipinski definition) is 2. The average molecular weight is 321 g/mol. The van der Waals surface area contributed by atoms with Crippen LogP contribution in [0.25, 0.3) is 0 Å². The molecule has 1 fully saturated rings. The third-order valence-electron chi connectivity index (χ3n) is 4.15. The van der Waals surface area contributed by atoms with Crippen molar-refractivity contribution in [2.45, 2.75) is 25.9 Å². The second-order valence-electron chi connectivity index (χ2n) is 5.91. The highest BCUT2D eigenvalue weighted by molar-refractivity contribution is 5.75. The third-order valence-corrected chi connectivity index (χ3v) is 4.15. The van der Waals surface area contributed by atoms with Crippen molar-refractivity contribution < 1.29 is 14.6 Å². The number of primary amides is 1. The van der Waals surface area contributed by atoms with E-state index in [2.05, 4.69) is 21.9 Å². The van der Waals surface area contributed by atoms with E-state index in [1.807, 2.05) is 19.1 Å². The maximum atomic E-state index is 11.1. The first kappa shape index (κ1) is 17.7. The van der Waals surface area contributed by atoms with Crippen LogP contribution in [0.4, 0.5) is 0 Å². The van der Waals surface area contributed by atoms with Crippen LogP contribution in [0.5, 0.6) is 5.75 Å². The molecule has 0 saturated carbocycles. The fourth-order valence-electron chi connectivity index (χ4n) is 3.04. The van der Waals surface area contributed by atoms with Gasteiger partial charge in [0.1, 0.15) is 5.75 Å². The summed E-state index contributed by atoms with van der Waals surface area (Å²) in [6, 6.07) is 8.37. The van der Waals surface area contributed by atoms with Gasteiger partial charge in [0.05, 0.1) is 13.2 Å². The van der Waals surface area contributed by atoms with Gasteiger partial charge < -0.3 is 15.6 Å². The molecule has 2 rings (SSSR count). The molecule has 6 nitrogen and oxygen atoms in total. The smallest absolute Gasteiger partial charge is 0.231 e. The van der Waals surface area contributed by atoms with Crippen LogP contribution in [0.1, 0.15) is 18.9 Å². The molecule has 1 aromatic carbocycles. The summed E-state index contributed by atoms with van der Waals surface area (Å²) < 4.78 is 5.46.